The monoisotopic (exact) mass is 525 g/mol. The van der Waals surface area contributed by atoms with E-state index >= 15 is 0 Å². The number of hydrogen-bond acceptors (Lipinski definition) is 8. The molecule has 0 spiro atoms. The summed E-state index contributed by atoms with van der Waals surface area (Å²) in [5.41, 5.74) is 0.583. The molecule has 1 aliphatic rings. The molecule has 4 aromatic heterocycles. The lowest BCUT2D eigenvalue weighted by Gasteiger charge is -2.43. The van der Waals surface area contributed by atoms with Crippen molar-refractivity contribution in [2.45, 2.75) is 45.6 Å². The SMILES string of the molecule is Cc1cc(C2CN(c3nc(-c4ccc(C(F)(F)F)nc4)c4nc(C)n(C)c(=O)c4n3)CC(C)(C)O2)ccn1. The Balaban J connectivity index is 1.67. The van der Waals surface area contributed by atoms with Gasteiger partial charge >= 0.3 is 6.18 Å². The summed E-state index contributed by atoms with van der Waals surface area (Å²) in [6.45, 7) is 8.27. The molecule has 0 aromatic carbocycles. The molecule has 0 bridgehead atoms. The predicted molar refractivity (Wildman–Crippen MR) is 135 cm³/mol. The zero-order valence-corrected chi connectivity index (χ0v) is 21.5. The van der Waals surface area contributed by atoms with Crippen LogP contribution in [0.3, 0.4) is 0 Å². The van der Waals surface area contributed by atoms with Crippen LogP contribution >= 0.6 is 0 Å². The third-order valence-corrected chi connectivity index (χ3v) is 6.46. The van der Waals surface area contributed by atoms with Crippen molar-refractivity contribution in [3.63, 3.8) is 0 Å². The first-order valence-corrected chi connectivity index (χ1v) is 12.0. The third kappa shape index (κ3) is 4.83. The number of halogens is 3. The Bertz CT molecular complexity index is 1580. The quantitative estimate of drug-likeness (QED) is 0.393. The molecule has 1 unspecified atom stereocenters. The second-order valence-electron chi connectivity index (χ2n) is 10.00. The Labute approximate surface area is 216 Å². The van der Waals surface area contributed by atoms with E-state index in [2.05, 4.69) is 19.9 Å². The van der Waals surface area contributed by atoms with E-state index in [1.165, 1.54) is 10.6 Å². The van der Waals surface area contributed by atoms with Gasteiger partial charge < -0.3 is 9.64 Å². The Kier molecular flexibility index (Phi) is 6.17. The van der Waals surface area contributed by atoms with Crippen molar-refractivity contribution in [3.8, 4) is 11.3 Å². The van der Waals surface area contributed by atoms with Gasteiger partial charge in [-0.3, -0.25) is 19.3 Å². The van der Waals surface area contributed by atoms with Crippen LogP contribution < -0.4 is 10.5 Å². The summed E-state index contributed by atoms with van der Waals surface area (Å²) in [5, 5.41) is 0. The molecule has 12 heteroatoms. The average molecular weight is 526 g/mol. The molecule has 0 amide bonds. The second kappa shape index (κ2) is 9.12. The molecule has 198 valence electrons. The molecule has 0 radical (unpaired) electrons. The highest BCUT2D eigenvalue weighted by atomic mass is 19.4. The van der Waals surface area contributed by atoms with Crippen molar-refractivity contribution in [1.82, 2.24) is 29.5 Å². The van der Waals surface area contributed by atoms with Gasteiger partial charge in [0.25, 0.3) is 5.56 Å². The van der Waals surface area contributed by atoms with Gasteiger partial charge in [-0.2, -0.15) is 13.2 Å². The van der Waals surface area contributed by atoms with Gasteiger partial charge in [0.2, 0.25) is 5.95 Å². The van der Waals surface area contributed by atoms with Gasteiger partial charge in [-0.05, 0) is 57.5 Å². The second-order valence-corrected chi connectivity index (χ2v) is 10.00. The molecule has 1 aliphatic heterocycles. The van der Waals surface area contributed by atoms with E-state index in [1.807, 2.05) is 37.8 Å². The van der Waals surface area contributed by atoms with Crippen LogP contribution in [0, 0.1) is 13.8 Å². The highest BCUT2D eigenvalue weighted by Gasteiger charge is 2.36. The molecule has 5 heterocycles. The van der Waals surface area contributed by atoms with Gasteiger partial charge in [-0.15, -0.1) is 0 Å². The predicted octanol–water partition coefficient (Wildman–Crippen LogP) is 4.17. The van der Waals surface area contributed by atoms with Gasteiger partial charge in [0.1, 0.15) is 28.8 Å². The van der Waals surface area contributed by atoms with E-state index in [9.17, 15) is 18.0 Å². The molecule has 0 aliphatic carbocycles. The van der Waals surface area contributed by atoms with E-state index in [0.717, 1.165) is 23.5 Å². The number of hydrogen-bond donors (Lipinski definition) is 0. The number of fused-ring (bicyclic) bond motifs is 1. The number of aryl methyl sites for hydroxylation is 2. The summed E-state index contributed by atoms with van der Waals surface area (Å²) in [7, 11) is 1.59. The van der Waals surface area contributed by atoms with Crippen LogP contribution in [0.2, 0.25) is 0 Å². The maximum absolute atomic E-state index is 13.2. The van der Waals surface area contributed by atoms with Gasteiger partial charge in [-0.1, -0.05) is 0 Å². The van der Waals surface area contributed by atoms with Crippen molar-refractivity contribution in [1.29, 1.82) is 0 Å². The lowest BCUT2D eigenvalue weighted by Crippen LogP contribution is -2.50. The molecule has 5 rings (SSSR count). The molecular weight excluding hydrogens is 499 g/mol. The van der Waals surface area contributed by atoms with Gasteiger partial charge in [0.05, 0.1) is 12.1 Å². The van der Waals surface area contributed by atoms with Crippen LogP contribution in [0.25, 0.3) is 22.3 Å². The average Bonchev–Trinajstić information content (AvgIpc) is 2.85. The number of ether oxygens (including phenoxy) is 1. The van der Waals surface area contributed by atoms with Crippen molar-refractivity contribution in [3.05, 3.63) is 69.8 Å². The molecular formula is C26H26F3N7O2. The lowest BCUT2D eigenvalue weighted by molar-refractivity contribution is -0.141. The minimum absolute atomic E-state index is 0.0681. The molecule has 1 fully saturated rings. The van der Waals surface area contributed by atoms with Crippen LogP contribution in [0.1, 0.15) is 42.7 Å². The van der Waals surface area contributed by atoms with Crippen molar-refractivity contribution >= 4 is 17.0 Å². The fourth-order valence-corrected chi connectivity index (χ4v) is 4.56. The summed E-state index contributed by atoms with van der Waals surface area (Å²) < 4.78 is 47.1. The van der Waals surface area contributed by atoms with Gasteiger partial charge in [0, 0.05) is 37.2 Å². The Hall–Kier alpha value is -3.93. The Morgan fingerprint density at radius 2 is 1.82 bits per heavy atom. The fourth-order valence-electron chi connectivity index (χ4n) is 4.56. The largest absolute Gasteiger partial charge is 0.433 e. The minimum atomic E-state index is -4.58. The van der Waals surface area contributed by atoms with Crippen LogP contribution in [-0.2, 0) is 18.0 Å². The summed E-state index contributed by atoms with van der Waals surface area (Å²) in [4.78, 5) is 36.8. The third-order valence-electron chi connectivity index (χ3n) is 6.46. The number of morpholine rings is 1. The zero-order valence-electron chi connectivity index (χ0n) is 21.5. The molecule has 0 N–H and O–H groups in total. The molecule has 4 aromatic rings. The molecule has 38 heavy (non-hydrogen) atoms. The fraction of sp³-hybridized carbons (Fsp3) is 0.385. The van der Waals surface area contributed by atoms with E-state index in [-0.39, 0.29) is 34.3 Å². The van der Waals surface area contributed by atoms with Crippen molar-refractivity contribution in [2.75, 3.05) is 18.0 Å². The van der Waals surface area contributed by atoms with Gasteiger partial charge in [-0.25, -0.2) is 15.0 Å². The Morgan fingerprint density at radius 1 is 1.05 bits per heavy atom. The van der Waals surface area contributed by atoms with Crippen LogP contribution in [0.5, 0.6) is 0 Å². The normalized spacial score (nSPS) is 17.7. The first-order chi connectivity index (χ1) is 17.8. The number of nitrogens with zero attached hydrogens (tertiary/aromatic N) is 7. The van der Waals surface area contributed by atoms with E-state index in [0.29, 0.717) is 24.5 Å². The molecule has 1 atom stereocenters. The van der Waals surface area contributed by atoms with Crippen molar-refractivity contribution < 1.29 is 17.9 Å². The van der Waals surface area contributed by atoms with Gasteiger partial charge in [0.15, 0.2) is 5.52 Å². The highest BCUT2D eigenvalue weighted by molar-refractivity contribution is 5.89. The number of alkyl halides is 3. The lowest BCUT2D eigenvalue weighted by atomic mass is 10.0. The number of anilines is 1. The smallest absolute Gasteiger partial charge is 0.364 e. The first kappa shape index (κ1) is 25.7. The highest BCUT2D eigenvalue weighted by Crippen LogP contribution is 2.35. The van der Waals surface area contributed by atoms with E-state index in [4.69, 9.17) is 9.72 Å². The van der Waals surface area contributed by atoms with Crippen LogP contribution in [0.15, 0.2) is 41.5 Å². The standard InChI is InChI=1S/C26H26F3N7O2/c1-14-10-16(8-9-30-14)18-12-36(13-25(3,4)38-18)24-33-20(17-6-7-19(31-11-17)26(27,28)29)21-22(34-24)23(37)35(5)15(2)32-21/h6-11,18H,12-13H2,1-5H3. The summed E-state index contributed by atoms with van der Waals surface area (Å²) in [5.74, 6) is 0.669. The maximum atomic E-state index is 13.2. The van der Waals surface area contributed by atoms with E-state index in [1.54, 1.807) is 20.2 Å². The van der Waals surface area contributed by atoms with Crippen LogP contribution in [0.4, 0.5) is 19.1 Å². The minimum Gasteiger partial charge on any atom is -0.364 e. The Morgan fingerprint density at radius 3 is 2.47 bits per heavy atom. The number of pyridine rings is 2. The van der Waals surface area contributed by atoms with Crippen LogP contribution in [-0.4, -0.2) is 48.2 Å². The molecule has 1 saturated heterocycles. The summed E-state index contributed by atoms with van der Waals surface area (Å²) >= 11 is 0. The maximum Gasteiger partial charge on any atom is 0.433 e. The zero-order chi connectivity index (χ0) is 27.4. The first-order valence-electron chi connectivity index (χ1n) is 12.0. The summed E-state index contributed by atoms with van der Waals surface area (Å²) in [6.07, 6.45) is -2.09. The number of rotatable bonds is 3. The summed E-state index contributed by atoms with van der Waals surface area (Å²) in [6, 6.07) is 6.01. The molecule has 0 saturated carbocycles. The number of aromatic nitrogens is 6. The van der Waals surface area contributed by atoms with E-state index < -0.39 is 17.5 Å². The van der Waals surface area contributed by atoms with Crippen molar-refractivity contribution in [2.24, 2.45) is 7.05 Å². The molecule has 9 nitrogen and oxygen atoms in total. The topological polar surface area (TPSA) is 98.9 Å².